The van der Waals surface area contributed by atoms with E-state index in [-0.39, 0.29) is 11.8 Å². The summed E-state index contributed by atoms with van der Waals surface area (Å²) in [5, 5.41) is 14.7. The third-order valence-corrected chi connectivity index (χ3v) is 5.51. The third kappa shape index (κ3) is 6.28. The molecule has 0 radical (unpaired) electrons. The Hall–Kier alpha value is -3.95. The van der Waals surface area contributed by atoms with Gasteiger partial charge in [-0.25, -0.2) is 0 Å². The van der Waals surface area contributed by atoms with Gasteiger partial charge in [0, 0.05) is 29.0 Å². The van der Waals surface area contributed by atoms with Gasteiger partial charge in [0.25, 0.3) is 11.8 Å². The van der Waals surface area contributed by atoms with Gasteiger partial charge in [0.1, 0.15) is 0 Å². The van der Waals surface area contributed by atoms with Crippen LogP contribution in [0.5, 0.6) is 0 Å². The maximum atomic E-state index is 12.9. The van der Waals surface area contributed by atoms with E-state index in [0.717, 1.165) is 30.8 Å². The molecule has 6 heteroatoms. The molecular weight excluding hydrogens is 412 g/mol. The fourth-order valence-electron chi connectivity index (χ4n) is 3.44. The van der Waals surface area contributed by atoms with Crippen LogP contribution in [-0.4, -0.2) is 29.8 Å². The summed E-state index contributed by atoms with van der Waals surface area (Å²) >= 11 is 0. The number of nitrogens with one attached hydrogen (secondary N) is 2. The zero-order valence-corrected chi connectivity index (χ0v) is 19.2. The summed E-state index contributed by atoms with van der Waals surface area (Å²) < 4.78 is 0. The highest BCUT2D eigenvalue weighted by Crippen LogP contribution is 2.22. The van der Waals surface area contributed by atoms with E-state index in [1.807, 2.05) is 37.3 Å². The highest BCUT2D eigenvalue weighted by atomic mass is 16.2. The molecule has 0 saturated heterocycles. The Bertz CT molecular complexity index is 1180. The summed E-state index contributed by atoms with van der Waals surface area (Å²) in [5.41, 5.74) is 4.71. The number of nitriles is 1. The summed E-state index contributed by atoms with van der Waals surface area (Å²) in [6.45, 7) is 8.84. The highest BCUT2D eigenvalue weighted by molar-refractivity contribution is 6.06. The molecule has 0 spiro atoms. The Morgan fingerprint density at radius 1 is 0.879 bits per heavy atom. The van der Waals surface area contributed by atoms with Crippen LogP contribution in [-0.2, 0) is 6.54 Å². The number of carbonyl (C=O) groups excluding carboxylic acids is 2. The molecule has 2 amide bonds. The van der Waals surface area contributed by atoms with Crippen LogP contribution in [0.2, 0.25) is 0 Å². The third-order valence-electron chi connectivity index (χ3n) is 5.51. The average molecular weight is 441 g/mol. The van der Waals surface area contributed by atoms with Crippen molar-refractivity contribution in [2.75, 3.05) is 23.7 Å². The standard InChI is InChI=1S/C27H28N4O2/c1-4-31(5-2)18-21-7-6-8-23(15-21)27(33)30-25-16-24(14-9-19(25)3)29-26(32)22-12-10-20(17-28)11-13-22/h6-16H,4-5,18H2,1-3H3,(H,29,32)(H,30,33). The van der Waals surface area contributed by atoms with E-state index in [4.69, 9.17) is 5.26 Å². The fourth-order valence-corrected chi connectivity index (χ4v) is 3.44. The lowest BCUT2D eigenvalue weighted by atomic mass is 10.1. The molecule has 0 aliphatic rings. The molecule has 0 aromatic heterocycles. The van der Waals surface area contributed by atoms with E-state index in [9.17, 15) is 9.59 Å². The van der Waals surface area contributed by atoms with Crippen molar-refractivity contribution < 1.29 is 9.59 Å². The molecule has 0 aliphatic carbocycles. The second kappa shape index (κ2) is 11.1. The van der Waals surface area contributed by atoms with E-state index in [1.54, 1.807) is 42.5 Å². The number of hydrogen-bond donors (Lipinski definition) is 2. The summed E-state index contributed by atoms with van der Waals surface area (Å²) in [6, 6.07) is 21.5. The molecule has 0 heterocycles. The number of hydrogen-bond acceptors (Lipinski definition) is 4. The van der Waals surface area contributed by atoms with Crippen LogP contribution < -0.4 is 10.6 Å². The van der Waals surface area contributed by atoms with Gasteiger partial charge >= 0.3 is 0 Å². The maximum Gasteiger partial charge on any atom is 0.255 e. The molecule has 0 fully saturated rings. The Labute approximate surface area is 194 Å². The van der Waals surface area contributed by atoms with Gasteiger partial charge in [-0.2, -0.15) is 5.26 Å². The van der Waals surface area contributed by atoms with E-state index >= 15 is 0 Å². The largest absolute Gasteiger partial charge is 0.322 e. The average Bonchev–Trinajstić information content (AvgIpc) is 2.84. The van der Waals surface area contributed by atoms with Crippen molar-refractivity contribution >= 4 is 23.2 Å². The number of nitrogens with zero attached hydrogens (tertiary/aromatic N) is 2. The highest BCUT2D eigenvalue weighted by Gasteiger charge is 2.12. The van der Waals surface area contributed by atoms with Crippen molar-refractivity contribution in [2.24, 2.45) is 0 Å². The normalized spacial score (nSPS) is 10.5. The molecule has 168 valence electrons. The van der Waals surface area contributed by atoms with Crippen molar-refractivity contribution in [3.8, 4) is 6.07 Å². The fraction of sp³-hybridized carbons (Fsp3) is 0.222. The first-order valence-corrected chi connectivity index (χ1v) is 11.0. The van der Waals surface area contributed by atoms with E-state index in [0.29, 0.717) is 28.1 Å². The summed E-state index contributed by atoms with van der Waals surface area (Å²) in [4.78, 5) is 27.8. The zero-order chi connectivity index (χ0) is 23.8. The summed E-state index contributed by atoms with van der Waals surface area (Å²) in [5.74, 6) is -0.486. The Balaban J connectivity index is 1.72. The van der Waals surface area contributed by atoms with Crippen LogP contribution >= 0.6 is 0 Å². The monoisotopic (exact) mass is 440 g/mol. The molecular formula is C27H28N4O2. The molecule has 3 aromatic rings. The quantitative estimate of drug-likeness (QED) is 0.503. The zero-order valence-electron chi connectivity index (χ0n) is 19.2. The second-order valence-corrected chi connectivity index (χ2v) is 7.79. The van der Waals surface area contributed by atoms with Crippen molar-refractivity contribution in [2.45, 2.75) is 27.3 Å². The number of rotatable bonds is 8. The topological polar surface area (TPSA) is 85.2 Å². The molecule has 0 saturated carbocycles. The first-order valence-electron chi connectivity index (χ1n) is 11.0. The van der Waals surface area contributed by atoms with Gasteiger partial charge in [-0.05, 0) is 79.7 Å². The van der Waals surface area contributed by atoms with Gasteiger partial charge in [0.15, 0.2) is 0 Å². The molecule has 0 aliphatic heterocycles. The Kier molecular flexibility index (Phi) is 7.96. The van der Waals surface area contributed by atoms with Crippen LogP contribution in [0.1, 0.15) is 51.3 Å². The van der Waals surface area contributed by atoms with Gasteiger partial charge in [0.05, 0.1) is 11.6 Å². The number of anilines is 2. The molecule has 0 atom stereocenters. The predicted octanol–water partition coefficient (Wildman–Crippen LogP) is 5.21. The lowest BCUT2D eigenvalue weighted by Crippen LogP contribution is -2.22. The second-order valence-electron chi connectivity index (χ2n) is 7.79. The van der Waals surface area contributed by atoms with Gasteiger partial charge in [-0.3, -0.25) is 14.5 Å². The van der Waals surface area contributed by atoms with Crippen molar-refractivity contribution in [1.29, 1.82) is 5.26 Å². The van der Waals surface area contributed by atoms with Crippen LogP contribution in [0, 0.1) is 18.3 Å². The Morgan fingerprint density at radius 2 is 1.58 bits per heavy atom. The number of aryl methyl sites for hydroxylation is 1. The lowest BCUT2D eigenvalue weighted by Gasteiger charge is -2.18. The number of carbonyl (C=O) groups is 2. The predicted molar refractivity (Wildman–Crippen MR) is 131 cm³/mol. The van der Waals surface area contributed by atoms with Gasteiger partial charge in [-0.15, -0.1) is 0 Å². The molecule has 3 rings (SSSR count). The molecule has 0 bridgehead atoms. The van der Waals surface area contributed by atoms with Crippen LogP contribution in [0.15, 0.2) is 66.7 Å². The van der Waals surface area contributed by atoms with Gasteiger partial charge in [0.2, 0.25) is 0 Å². The Morgan fingerprint density at radius 3 is 2.24 bits per heavy atom. The molecule has 33 heavy (non-hydrogen) atoms. The lowest BCUT2D eigenvalue weighted by molar-refractivity contribution is 0.101. The van der Waals surface area contributed by atoms with Gasteiger partial charge < -0.3 is 10.6 Å². The first kappa shape index (κ1) is 23.7. The number of benzene rings is 3. The van der Waals surface area contributed by atoms with E-state index < -0.39 is 0 Å². The van der Waals surface area contributed by atoms with Crippen molar-refractivity contribution in [3.05, 3.63) is 94.5 Å². The SMILES string of the molecule is CCN(CC)Cc1cccc(C(=O)Nc2cc(NC(=O)c3ccc(C#N)cc3)ccc2C)c1. The molecule has 0 unspecified atom stereocenters. The van der Waals surface area contributed by atoms with Crippen LogP contribution in [0.4, 0.5) is 11.4 Å². The van der Waals surface area contributed by atoms with E-state index in [1.165, 1.54) is 0 Å². The minimum absolute atomic E-state index is 0.199. The van der Waals surface area contributed by atoms with Crippen LogP contribution in [0.3, 0.4) is 0 Å². The number of amides is 2. The molecule has 3 aromatic carbocycles. The van der Waals surface area contributed by atoms with Crippen molar-refractivity contribution in [1.82, 2.24) is 4.90 Å². The summed E-state index contributed by atoms with van der Waals surface area (Å²) in [6.07, 6.45) is 0. The van der Waals surface area contributed by atoms with Gasteiger partial charge in [-0.1, -0.05) is 32.0 Å². The van der Waals surface area contributed by atoms with Crippen molar-refractivity contribution in [3.63, 3.8) is 0 Å². The minimum Gasteiger partial charge on any atom is -0.322 e. The summed E-state index contributed by atoms with van der Waals surface area (Å²) in [7, 11) is 0. The first-order chi connectivity index (χ1) is 15.9. The minimum atomic E-state index is -0.287. The van der Waals surface area contributed by atoms with E-state index in [2.05, 4.69) is 29.4 Å². The van der Waals surface area contributed by atoms with Crippen LogP contribution in [0.25, 0.3) is 0 Å². The smallest absolute Gasteiger partial charge is 0.255 e. The molecule has 2 N–H and O–H groups in total. The maximum absolute atomic E-state index is 12.9. The molecule has 6 nitrogen and oxygen atoms in total.